The fourth-order valence-electron chi connectivity index (χ4n) is 6.31. The van der Waals surface area contributed by atoms with E-state index < -0.39 is 0 Å². The van der Waals surface area contributed by atoms with Crippen LogP contribution in [-0.4, -0.2) is 10.5 Å². The van der Waals surface area contributed by atoms with E-state index in [-0.39, 0.29) is 21.3 Å². The third kappa shape index (κ3) is 0.275. The van der Waals surface area contributed by atoms with Crippen molar-refractivity contribution in [1.29, 1.82) is 0 Å². The molecule has 72 valence electrons. The molecule has 6 saturated carbocycles. The SMILES string of the molecule is O=C(Cl)C12C3C4C1C1C2C3C41C(=O)Cl. The highest BCUT2D eigenvalue weighted by Gasteiger charge is 3.12. The van der Waals surface area contributed by atoms with Crippen LogP contribution in [0.3, 0.4) is 0 Å². The molecule has 4 heteroatoms. The van der Waals surface area contributed by atoms with E-state index in [0.29, 0.717) is 35.5 Å². The molecule has 0 atom stereocenters. The molecule has 6 aliphatic carbocycles. The number of hydrogen-bond donors (Lipinski definition) is 0. The number of carbonyl (C=O) groups excluding carboxylic acids is 2. The van der Waals surface area contributed by atoms with E-state index in [9.17, 15) is 9.59 Å². The number of rotatable bonds is 2. The summed E-state index contributed by atoms with van der Waals surface area (Å²) in [7, 11) is 0. The first kappa shape index (κ1) is 7.24. The van der Waals surface area contributed by atoms with Crippen LogP contribution in [0.4, 0.5) is 0 Å². The Morgan fingerprint density at radius 2 is 0.929 bits per heavy atom. The fourth-order valence-corrected chi connectivity index (χ4v) is 7.07. The molecule has 6 aliphatic rings. The third-order valence-corrected chi connectivity index (χ3v) is 6.97. The molecule has 0 amide bonds. The number of hydrogen-bond acceptors (Lipinski definition) is 2. The van der Waals surface area contributed by atoms with Crippen LogP contribution in [-0.2, 0) is 9.59 Å². The molecule has 14 heavy (non-hydrogen) atoms. The summed E-state index contributed by atoms with van der Waals surface area (Å²) in [5.41, 5.74) is -0.314. The average Bonchev–Trinajstić information content (AvgIpc) is 2.16. The van der Waals surface area contributed by atoms with Crippen LogP contribution < -0.4 is 0 Å². The molecular formula is C10H6Cl2O2. The summed E-state index contributed by atoms with van der Waals surface area (Å²) in [6.45, 7) is 0. The van der Waals surface area contributed by atoms with E-state index in [4.69, 9.17) is 23.2 Å². The average molecular weight is 229 g/mol. The minimum Gasteiger partial charge on any atom is -0.281 e. The predicted octanol–water partition coefficient (Wildman–Crippen LogP) is 1.26. The van der Waals surface area contributed by atoms with Crippen molar-refractivity contribution >= 4 is 33.7 Å². The summed E-state index contributed by atoms with van der Waals surface area (Å²) in [6.07, 6.45) is 0. The third-order valence-electron chi connectivity index (χ3n) is 6.31. The van der Waals surface area contributed by atoms with Crippen LogP contribution in [0.1, 0.15) is 0 Å². The van der Waals surface area contributed by atoms with E-state index >= 15 is 0 Å². The van der Waals surface area contributed by atoms with Crippen molar-refractivity contribution in [2.45, 2.75) is 0 Å². The van der Waals surface area contributed by atoms with Crippen LogP contribution in [0.25, 0.3) is 0 Å². The largest absolute Gasteiger partial charge is 0.281 e. The molecule has 0 saturated heterocycles. The second-order valence-corrected chi connectivity index (χ2v) is 6.25. The molecule has 0 unspecified atom stereocenters. The van der Waals surface area contributed by atoms with Gasteiger partial charge in [-0.2, -0.15) is 0 Å². The quantitative estimate of drug-likeness (QED) is 0.668. The van der Waals surface area contributed by atoms with E-state index in [1.807, 2.05) is 0 Å². The molecule has 0 aromatic carbocycles. The summed E-state index contributed by atoms with van der Waals surface area (Å²) in [4.78, 5) is 22.7. The maximum atomic E-state index is 11.3. The van der Waals surface area contributed by atoms with Gasteiger partial charge in [0, 0.05) is 0 Å². The Hall–Kier alpha value is -0.0800. The van der Waals surface area contributed by atoms with E-state index in [1.165, 1.54) is 0 Å². The molecule has 6 rings (SSSR count). The molecule has 6 fully saturated rings. The lowest BCUT2D eigenvalue weighted by molar-refractivity contribution is -0.621. The Bertz CT molecular complexity index is 359. The van der Waals surface area contributed by atoms with Gasteiger partial charge in [-0.15, -0.1) is 0 Å². The van der Waals surface area contributed by atoms with Crippen molar-refractivity contribution in [3.63, 3.8) is 0 Å². The molecular weight excluding hydrogens is 223 g/mol. The van der Waals surface area contributed by atoms with Crippen LogP contribution in [0.2, 0.25) is 0 Å². The molecule has 0 aliphatic heterocycles. The number of halogens is 2. The Kier molecular flexibility index (Phi) is 0.735. The lowest BCUT2D eigenvalue weighted by atomic mass is 8.92. The first-order chi connectivity index (χ1) is 6.62. The molecule has 0 radical (unpaired) electrons. The van der Waals surface area contributed by atoms with Gasteiger partial charge in [-0.05, 0) is 58.7 Å². The Balaban J connectivity index is 1.66. The van der Waals surface area contributed by atoms with Gasteiger partial charge >= 0.3 is 0 Å². The molecule has 0 aromatic heterocycles. The molecule has 0 heterocycles. The molecule has 0 bridgehead atoms. The normalized spacial score (nSPS) is 77.0. The van der Waals surface area contributed by atoms with Gasteiger partial charge in [-0.1, -0.05) is 0 Å². The zero-order valence-corrected chi connectivity index (χ0v) is 8.55. The lowest BCUT2D eigenvalue weighted by Crippen LogP contribution is -3.11. The summed E-state index contributed by atoms with van der Waals surface area (Å²) in [5.74, 6) is 2.64. The maximum absolute atomic E-state index is 11.3. The topological polar surface area (TPSA) is 34.1 Å². The van der Waals surface area contributed by atoms with Crippen molar-refractivity contribution in [3.8, 4) is 0 Å². The van der Waals surface area contributed by atoms with Crippen molar-refractivity contribution in [2.75, 3.05) is 0 Å². The Morgan fingerprint density at radius 1 is 0.714 bits per heavy atom. The van der Waals surface area contributed by atoms with Crippen molar-refractivity contribution < 1.29 is 9.59 Å². The molecule has 2 nitrogen and oxygen atoms in total. The van der Waals surface area contributed by atoms with Gasteiger partial charge in [-0.3, -0.25) is 9.59 Å². The van der Waals surface area contributed by atoms with Crippen molar-refractivity contribution in [2.24, 2.45) is 46.3 Å². The summed E-state index contributed by atoms with van der Waals surface area (Å²) >= 11 is 11.3. The highest BCUT2D eigenvalue weighted by Crippen LogP contribution is 3.10. The van der Waals surface area contributed by atoms with Crippen LogP contribution >= 0.6 is 23.2 Å². The lowest BCUT2D eigenvalue weighted by Gasteiger charge is -3.09. The summed E-state index contributed by atoms with van der Waals surface area (Å²) in [5, 5.41) is -0.284. The van der Waals surface area contributed by atoms with Crippen LogP contribution in [0.5, 0.6) is 0 Å². The monoisotopic (exact) mass is 228 g/mol. The maximum Gasteiger partial charge on any atom is 0.228 e. The van der Waals surface area contributed by atoms with Crippen molar-refractivity contribution in [1.82, 2.24) is 0 Å². The molecule has 0 spiro atoms. The highest BCUT2D eigenvalue weighted by molar-refractivity contribution is 6.67. The van der Waals surface area contributed by atoms with Gasteiger partial charge < -0.3 is 0 Å². The minimum absolute atomic E-state index is 0.142. The molecule has 0 N–H and O–H groups in total. The molecule has 0 aromatic rings. The Labute approximate surface area is 89.9 Å². The fraction of sp³-hybridized carbons (Fsp3) is 0.800. The van der Waals surface area contributed by atoms with Crippen LogP contribution in [0.15, 0.2) is 0 Å². The van der Waals surface area contributed by atoms with E-state index in [0.717, 1.165) is 0 Å². The standard InChI is InChI=1S/C10H6Cl2O2/c11-7(13)9-1-2-4(9)6-5(9)3(1)10(2,6)8(12)14/h1-6H. The zero-order chi connectivity index (χ0) is 9.62. The van der Waals surface area contributed by atoms with Gasteiger partial charge in [0.25, 0.3) is 0 Å². The van der Waals surface area contributed by atoms with E-state index in [2.05, 4.69) is 0 Å². The summed E-state index contributed by atoms with van der Waals surface area (Å²) in [6, 6.07) is 0. The van der Waals surface area contributed by atoms with Crippen molar-refractivity contribution in [3.05, 3.63) is 0 Å². The number of carbonyl (C=O) groups is 2. The zero-order valence-electron chi connectivity index (χ0n) is 7.04. The minimum atomic E-state index is -0.157. The second kappa shape index (κ2) is 1.42. The smallest absolute Gasteiger partial charge is 0.228 e. The second-order valence-electron chi connectivity index (χ2n) is 5.57. The van der Waals surface area contributed by atoms with Gasteiger partial charge in [0.05, 0.1) is 10.8 Å². The highest BCUT2D eigenvalue weighted by atomic mass is 35.5. The summed E-state index contributed by atoms with van der Waals surface area (Å²) < 4.78 is 0. The van der Waals surface area contributed by atoms with Gasteiger partial charge in [0.15, 0.2) is 0 Å². The van der Waals surface area contributed by atoms with Gasteiger partial charge in [0.1, 0.15) is 0 Å². The first-order valence-corrected chi connectivity index (χ1v) is 5.77. The van der Waals surface area contributed by atoms with E-state index in [1.54, 1.807) is 0 Å². The Morgan fingerprint density at radius 3 is 1.07 bits per heavy atom. The van der Waals surface area contributed by atoms with Gasteiger partial charge in [0.2, 0.25) is 10.5 Å². The first-order valence-electron chi connectivity index (χ1n) is 5.02. The predicted molar refractivity (Wildman–Crippen MR) is 47.5 cm³/mol. The van der Waals surface area contributed by atoms with Crippen LogP contribution in [0, 0.1) is 46.3 Å². The van der Waals surface area contributed by atoms with Gasteiger partial charge in [-0.25, -0.2) is 0 Å².